The number of rotatable bonds is 6. The van der Waals surface area contributed by atoms with Crippen LogP contribution in [0.4, 0.5) is 0 Å². The zero-order valence-electron chi connectivity index (χ0n) is 16.5. The number of hydrogen-bond donors (Lipinski definition) is 1. The third kappa shape index (κ3) is 4.84. The molecule has 3 rings (SSSR count). The van der Waals surface area contributed by atoms with Gasteiger partial charge in [0.2, 0.25) is 5.91 Å². The van der Waals surface area contributed by atoms with Gasteiger partial charge in [0.1, 0.15) is 0 Å². The van der Waals surface area contributed by atoms with Gasteiger partial charge in [0.05, 0.1) is 23.6 Å². The predicted octanol–water partition coefficient (Wildman–Crippen LogP) is 2.36. The molecular weight excluding hydrogens is 372 g/mol. The third-order valence-electron chi connectivity index (χ3n) is 4.22. The molecule has 3 aromatic rings. The van der Waals surface area contributed by atoms with Crippen LogP contribution in [-0.2, 0) is 20.7 Å². The normalized spacial score (nSPS) is 10.9. The van der Waals surface area contributed by atoms with Crippen molar-refractivity contribution in [3.8, 4) is 0 Å². The van der Waals surface area contributed by atoms with Crippen LogP contribution >= 0.6 is 0 Å². The number of benzene rings is 1. The second-order valence-electron chi connectivity index (χ2n) is 6.94. The summed E-state index contributed by atoms with van der Waals surface area (Å²) in [6.45, 7) is 5.14. The van der Waals surface area contributed by atoms with E-state index in [1.54, 1.807) is 36.0 Å². The van der Waals surface area contributed by atoms with Crippen molar-refractivity contribution in [3.63, 3.8) is 0 Å². The summed E-state index contributed by atoms with van der Waals surface area (Å²) in [5.74, 6) is -1.81. The maximum Gasteiger partial charge on any atom is 0.339 e. The van der Waals surface area contributed by atoms with Gasteiger partial charge in [-0.2, -0.15) is 5.10 Å². The van der Waals surface area contributed by atoms with Gasteiger partial charge >= 0.3 is 5.97 Å². The molecule has 1 aromatic carbocycles. The van der Waals surface area contributed by atoms with Crippen molar-refractivity contribution < 1.29 is 19.1 Å². The van der Waals surface area contributed by atoms with Crippen molar-refractivity contribution >= 4 is 28.8 Å². The molecule has 0 saturated heterocycles. The Hall–Kier alpha value is -3.55. The zero-order chi connectivity index (χ0) is 21.0. The van der Waals surface area contributed by atoms with Gasteiger partial charge < -0.3 is 4.74 Å². The molecule has 2 amide bonds. The average molecular weight is 394 g/mol. The molecule has 0 aliphatic rings. The lowest BCUT2D eigenvalue weighted by Gasteiger charge is -2.09. The van der Waals surface area contributed by atoms with E-state index in [-0.39, 0.29) is 18.0 Å². The van der Waals surface area contributed by atoms with E-state index in [1.807, 2.05) is 32.0 Å². The highest BCUT2D eigenvalue weighted by Crippen LogP contribution is 2.21. The van der Waals surface area contributed by atoms with E-state index in [9.17, 15) is 14.4 Å². The number of pyridine rings is 1. The Morgan fingerprint density at radius 1 is 1.14 bits per heavy atom. The fourth-order valence-corrected chi connectivity index (χ4v) is 2.92. The summed E-state index contributed by atoms with van der Waals surface area (Å²) < 4.78 is 6.82. The predicted molar refractivity (Wildman–Crippen MR) is 106 cm³/mol. The summed E-state index contributed by atoms with van der Waals surface area (Å²) >= 11 is 0. The topological polar surface area (TPSA) is 103 Å². The van der Waals surface area contributed by atoms with Crippen molar-refractivity contribution in [1.82, 2.24) is 20.1 Å². The second-order valence-corrected chi connectivity index (χ2v) is 6.94. The lowest BCUT2D eigenvalue weighted by atomic mass is 10.1. The lowest BCUT2D eigenvalue weighted by molar-refractivity contribution is -0.132. The Labute approximate surface area is 167 Å². The van der Waals surface area contributed by atoms with Gasteiger partial charge in [-0.15, -0.1) is 0 Å². The summed E-state index contributed by atoms with van der Waals surface area (Å²) in [5.41, 5.74) is 2.28. The largest absolute Gasteiger partial charge is 0.452 e. The smallest absolute Gasteiger partial charge is 0.339 e. The van der Waals surface area contributed by atoms with Crippen molar-refractivity contribution in [2.45, 2.75) is 33.2 Å². The molecule has 8 nitrogen and oxygen atoms in total. The van der Waals surface area contributed by atoms with Gasteiger partial charge in [0.25, 0.3) is 5.91 Å². The van der Waals surface area contributed by atoms with E-state index in [0.717, 1.165) is 5.56 Å². The van der Waals surface area contributed by atoms with Crippen LogP contribution in [0.5, 0.6) is 0 Å². The van der Waals surface area contributed by atoms with E-state index in [2.05, 4.69) is 15.4 Å². The zero-order valence-corrected chi connectivity index (χ0v) is 16.5. The number of carbonyl (C=O) groups is 3. The standard InChI is InChI=1S/C21H22N4O4/c1-13(2)25-20-17(11-22-25)16(9-14(3)23-20)21(28)29-12-19(27)24-18(26)10-15-7-5-4-6-8-15/h4-9,11,13H,10,12H2,1-3H3,(H,24,26,27). The minimum atomic E-state index is -0.681. The van der Waals surface area contributed by atoms with Crippen molar-refractivity contribution in [2.24, 2.45) is 0 Å². The number of carbonyl (C=O) groups excluding carboxylic acids is 3. The highest BCUT2D eigenvalue weighted by atomic mass is 16.5. The molecule has 0 aliphatic heterocycles. The van der Waals surface area contributed by atoms with Crippen molar-refractivity contribution in [2.75, 3.05) is 6.61 Å². The molecule has 8 heteroatoms. The number of aryl methyl sites for hydroxylation is 1. The van der Waals surface area contributed by atoms with Gasteiger partial charge in [0, 0.05) is 11.7 Å². The van der Waals surface area contributed by atoms with E-state index >= 15 is 0 Å². The number of aromatic nitrogens is 3. The maximum absolute atomic E-state index is 12.5. The monoisotopic (exact) mass is 394 g/mol. The number of amides is 2. The number of nitrogens with one attached hydrogen (secondary N) is 1. The minimum Gasteiger partial charge on any atom is -0.452 e. The minimum absolute atomic E-state index is 0.0685. The molecule has 0 saturated carbocycles. The van der Waals surface area contributed by atoms with Gasteiger partial charge in [-0.1, -0.05) is 30.3 Å². The molecule has 0 aliphatic carbocycles. The fraction of sp³-hybridized carbons (Fsp3) is 0.286. The first kappa shape index (κ1) is 20.2. The molecule has 0 bridgehead atoms. The number of nitrogens with zero attached hydrogens (tertiary/aromatic N) is 3. The third-order valence-corrected chi connectivity index (χ3v) is 4.22. The average Bonchev–Trinajstić information content (AvgIpc) is 3.10. The van der Waals surface area contributed by atoms with Crippen LogP contribution in [0, 0.1) is 6.92 Å². The van der Waals surface area contributed by atoms with Crippen molar-refractivity contribution in [3.05, 3.63) is 59.4 Å². The number of imide groups is 1. The summed E-state index contributed by atoms with van der Waals surface area (Å²) in [5, 5.41) is 7.05. The van der Waals surface area contributed by atoms with E-state index in [1.165, 1.54) is 0 Å². The number of ether oxygens (including phenoxy) is 1. The Morgan fingerprint density at radius 2 is 1.86 bits per heavy atom. The molecule has 0 unspecified atom stereocenters. The quantitative estimate of drug-likeness (QED) is 0.644. The molecule has 0 spiro atoms. The molecule has 2 aromatic heterocycles. The molecular formula is C21H22N4O4. The molecule has 1 N–H and O–H groups in total. The van der Waals surface area contributed by atoms with E-state index in [4.69, 9.17) is 4.74 Å². The Morgan fingerprint density at radius 3 is 2.55 bits per heavy atom. The first-order valence-corrected chi connectivity index (χ1v) is 9.23. The molecule has 0 fully saturated rings. The van der Waals surface area contributed by atoms with Crippen LogP contribution in [0.15, 0.2) is 42.6 Å². The second kappa shape index (κ2) is 8.64. The summed E-state index contributed by atoms with van der Waals surface area (Å²) in [6, 6.07) is 10.7. The van der Waals surface area contributed by atoms with Crippen LogP contribution in [0.1, 0.15) is 41.5 Å². The Bertz CT molecular complexity index is 1060. The van der Waals surface area contributed by atoms with Crippen LogP contribution in [-0.4, -0.2) is 39.2 Å². The van der Waals surface area contributed by atoms with Crippen LogP contribution in [0.3, 0.4) is 0 Å². The summed E-state index contributed by atoms with van der Waals surface area (Å²) in [4.78, 5) is 40.9. The van der Waals surface area contributed by atoms with Crippen LogP contribution in [0.2, 0.25) is 0 Å². The van der Waals surface area contributed by atoms with E-state index in [0.29, 0.717) is 16.7 Å². The van der Waals surface area contributed by atoms with Crippen LogP contribution < -0.4 is 5.32 Å². The number of hydrogen-bond acceptors (Lipinski definition) is 6. The van der Waals surface area contributed by atoms with Gasteiger partial charge in [-0.3, -0.25) is 14.9 Å². The molecule has 2 heterocycles. The maximum atomic E-state index is 12.5. The highest BCUT2D eigenvalue weighted by Gasteiger charge is 2.19. The van der Waals surface area contributed by atoms with Crippen LogP contribution in [0.25, 0.3) is 11.0 Å². The first-order valence-electron chi connectivity index (χ1n) is 9.23. The molecule has 150 valence electrons. The Balaban J connectivity index is 1.63. The number of esters is 1. The highest BCUT2D eigenvalue weighted by molar-refractivity contribution is 6.04. The van der Waals surface area contributed by atoms with Gasteiger partial charge in [-0.05, 0) is 32.4 Å². The van der Waals surface area contributed by atoms with Gasteiger partial charge in [-0.25, -0.2) is 14.5 Å². The van der Waals surface area contributed by atoms with Crippen molar-refractivity contribution in [1.29, 1.82) is 0 Å². The first-order chi connectivity index (χ1) is 13.8. The number of fused-ring (bicyclic) bond motifs is 1. The fourth-order valence-electron chi connectivity index (χ4n) is 2.92. The summed E-state index contributed by atoms with van der Waals surface area (Å²) in [6.07, 6.45) is 1.63. The molecule has 29 heavy (non-hydrogen) atoms. The summed E-state index contributed by atoms with van der Waals surface area (Å²) in [7, 11) is 0. The SMILES string of the molecule is Cc1cc(C(=O)OCC(=O)NC(=O)Cc2ccccc2)c2cnn(C(C)C)c2n1. The molecule has 0 atom stereocenters. The Kier molecular flexibility index (Phi) is 6.01. The lowest BCUT2D eigenvalue weighted by Crippen LogP contribution is -2.35. The van der Waals surface area contributed by atoms with E-state index < -0.39 is 24.4 Å². The molecule has 0 radical (unpaired) electrons. The van der Waals surface area contributed by atoms with Gasteiger partial charge in [0.15, 0.2) is 12.3 Å².